The van der Waals surface area contributed by atoms with E-state index in [0.717, 1.165) is 6.07 Å². The number of ether oxygens (including phenoxy) is 1. The van der Waals surface area contributed by atoms with Crippen LogP contribution in [-0.2, 0) is 6.54 Å². The van der Waals surface area contributed by atoms with Gasteiger partial charge in [-0.2, -0.15) is 0 Å². The number of nitrogens with two attached hydrogens (primary N) is 1. The molecule has 2 aromatic carbocycles. The largest absolute Gasteiger partial charge is 0.496 e. The van der Waals surface area contributed by atoms with E-state index >= 15 is 0 Å². The molecule has 4 nitrogen and oxygen atoms in total. The van der Waals surface area contributed by atoms with Crippen molar-refractivity contribution in [2.75, 3.05) is 12.8 Å². The van der Waals surface area contributed by atoms with Crippen molar-refractivity contribution in [2.45, 2.75) is 6.54 Å². The molecule has 0 spiro atoms. The lowest BCUT2D eigenvalue weighted by atomic mass is 10.1. The molecule has 1 amide bonds. The number of anilines is 1. The summed E-state index contributed by atoms with van der Waals surface area (Å²) in [5.41, 5.74) is 6.47. The van der Waals surface area contributed by atoms with Gasteiger partial charge in [0.15, 0.2) is 11.6 Å². The molecular weight excluding hydrogens is 278 g/mol. The first-order valence-electron chi connectivity index (χ1n) is 6.17. The van der Waals surface area contributed by atoms with E-state index in [1.807, 2.05) is 0 Å². The highest BCUT2D eigenvalue weighted by Crippen LogP contribution is 2.21. The zero-order valence-electron chi connectivity index (χ0n) is 11.3. The second-order valence-electron chi connectivity index (χ2n) is 4.36. The lowest BCUT2D eigenvalue weighted by Crippen LogP contribution is -2.24. The molecule has 21 heavy (non-hydrogen) atoms. The van der Waals surface area contributed by atoms with Crippen molar-refractivity contribution in [3.63, 3.8) is 0 Å². The average molecular weight is 292 g/mol. The van der Waals surface area contributed by atoms with Crippen LogP contribution in [0.3, 0.4) is 0 Å². The molecule has 3 N–H and O–H groups in total. The number of halogens is 2. The van der Waals surface area contributed by atoms with Crippen molar-refractivity contribution in [1.29, 1.82) is 0 Å². The number of carbonyl (C=O) groups excluding carboxylic acids is 1. The minimum atomic E-state index is -1.17. The monoisotopic (exact) mass is 292 g/mol. The Morgan fingerprint density at radius 1 is 1.29 bits per heavy atom. The van der Waals surface area contributed by atoms with Crippen molar-refractivity contribution < 1.29 is 18.3 Å². The van der Waals surface area contributed by atoms with Gasteiger partial charge in [-0.25, -0.2) is 8.78 Å². The Kier molecular flexibility index (Phi) is 4.37. The number of nitrogen functional groups attached to an aromatic ring is 1. The summed E-state index contributed by atoms with van der Waals surface area (Å²) in [7, 11) is 1.49. The molecule has 0 aromatic heterocycles. The van der Waals surface area contributed by atoms with Gasteiger partial charge in [0.25, 0.3) is 5.91 Å². The smallest absolute Gasteiger partial charge is 0.254 e. The van der Waals surface area contributed by atoms with Crippen LogP contribution in [0.5, 0.6) is 5.75 Å². The molecule has 0 aliphatic carbocycles. The van der Waals surface area contributed by atoms with Crippen LogP contribution in [0.4, 0.5) is 14.5 Å². The molecular formula is C15H14F2N2O2. The Balaban J connectivity index is 2.15. The zero-order chi connectivity index (χ0) is 15.4. The van der Waals surface area contributed by atoms with E-state index in [9.17, 15) is 13.6 Å². The predicted molar refractivity (Wildman–Crippen MR) is 74.9 cm³/mol. The number of hydrogen-bond acceptors (Lipinski definition) is 3. The van der Waals surface area contributed by atoms with E-state index in [2.05, 4.69) is 5.32 Å². The number of methoxy groups -OCH3 is 1. The van der Waals surface area contributed by atoms with Crippen molar-refractivity contribution in [3.05, 3.63) is 59.2 Å². The lowest BCUT2D eigenvalue weighted by Gasteiger charge is -2.11. The van der Waals surface area contributed by atoms with Crippen LogP contribution in [-0.4, -0.2) is 13.0 Å². The minimum Gasteiger partial charge on any atom is -0.496 e. The third-order valence-corrected chi connectivity index (χ3v) is 2.94. The van der Waals surface area contributed by atoms with Crippen LogP contribution < -0.4 is 15.8 Å². The third kappa shape index (κ3) is 3.28. The first kappa shape index (κ1) is 14.8. The van der Waals surface area contributed by atoms with Crippen LogP contribution in [0.15, 0.2) is 36.4 Å². The quantitative estimate of drug-likeness (QED) is 0.851. The molecule has 0 bridgehead atoms. The molecule has 2 rings (SSSR count). The summed E-state index contributed by atoms with van der Waals surface area (Å²) in [6.45, 7) is 0.0863. The summed E-state index contributed by atoms with van der Waals surface area (Å²) < 4.78 is 31.7. The van der Waals surface area contributed by atoms with Gasteiger partial charge < -0.3 is 15.8 Å². The van der Waals surface area contributed by atoms with Gasteiger partial charge in [0.2, 0.25) is 0 Å². The van der Waals surface area contributed by atoms with Crippen LogP contribution in [0, 0.1) is 11.6 Å². The lowest BCUT2D eigenvalue weighted by molar-refractivity contribution is 0.0945. The van der Waals surface area contributed by atoms with E-state index in [1.54, 1.807) is 18.2 Å². The number of amides is 1. The van der Waals surface area contributed by atoms with Crippen LogP contribution in [0.1, 0.15) is 15.9 Å². The maximum absolute atomic E-state index is 13.5. The first-order valence-corrected chi connectivity index (χ1v) is 6.17. The summed E-state index contributed by atoms with van der Waals surface area (Å²) >= 11 is 0. The van der Waals surface area contributed by atoms with Gasteiger partial charge in [-0.15, -0.1) is 0 Å². The third-order valence-electron chi connectivity index (χ3n) is 2.94. The van der Waals surface area contributed by atoms with Crippen LogP contribution in [0.2, 0.25) is 0 Å². The van der Waals surface area contributed by atoms with Gasteiger partial charge in [0.05, 0.1) is 12.7 Å². The summed E-state index contributed by atoms with van der Waals surface area (Å²) in [5.74, 6) is -2.40. The van der Waals surface area contributed by atoms with Crippen molar-refractivity contribution in [1.82, 2.24) is 5.32 Å². The highest BCUT2D eigenvalue weighted by atomic mass is 19.2. The predicted octanol–water partition coefficient (Wildman–Crippen LogP) is 2.49. The molecule has 0 aliphatic rings. The van der Waals surface area contributed by atoms with Crippen molar-refractivity contribution in [3.8, 4) is 5.75 Å². The summed E-state index contributed by atoms with van der Waals surface area (Å²) in [4.78, 5) is 11.9. The Morgan fingerprint density at radius 2 is 2.05 bits per heavy atom. The SMILES string of the molecule is COc1ccc(N)cc1CNC(=O)c1cccc(F)c1F. The van der Waals surface area contributed by atoms with E-state index < -0.39 is 17.5 Å². The molecule has 0 fully saturated rings. The Labute approximate surface area is 120 Å². The second-order valence-corrected chi connectivity index (χ2v) is 4.36. The number of hydrogen-bond donors (Lipinski definition) is 2. The van der Waals surface area contributed by atoms with Crippen molar-refractivity contribution in [2.24, 2.45) is 0 Å². The number of rotatable bonds is 4. The Morgan fingerprint density at radius 3 is 2.76 bits per heavy atom. The molecule has 0 unspecified atom stereocenters. The van der Waals surface area contributed by atoms with E-state index in [4.69, 9.17) is 10.5 Å². The molecule has 110 valence electrons. The fourth-order valence-electron chi connectivity index (χ4n) is 1.89. The summed E-state index contributed by atoms with van der Waals surface area (Å²) in [6, 6.07) is 8.41. The Hall–Kier alpha value is -2.63. The summed E-state index contributed by atoms with van der Waals surface area (Å²) in [5, 5.41) is 2.50. The van der Waals surface area contributed by atoms with Gasteiger partial charge in [0.1, 0.15) is 5.75 Å². The number of nitrogens with one attached hydrogen (secondary N) is 1. The molecule has 2 aromatic rings. The molecule has 0 atom stereocenters. The minimum absolute atomic E-state index is 0.0863. The molecule has 0 aliphatic heterocycles. The molecule has 6 heteroatoms. The van der Waals surface area contributed by atoms with Gasteiger partial charge in [-0.3, -0.25) is 4.79 Å². The highest BCUT2D eigenvalue weighted by molar-refractivity contribution is 5.94. The fourth-order valence-corrected chi connectivity index (χ4v) is 1.89. The number of benzene rings is 2. The normalized spacial score (nSPS) is 10.2. The van der Waals surface area contributed by atoms with Crippen LogP contribution in [0.25, 0.3) is 0 Å². The molecule has 0 radical (unpaired) electrons. The van der Waals surface area contributed by atoms with E-state index in [0.29, 0.717) is 17.0 Å². The standard InChI is InChI=1S/C15H14F2N2O2/c1-21-13-6-5-10(18)7-9(13)8-19-15(20)11-3-2-4-12(16)14(11)17/h2-7H,8,18H2,1H3,(H,19,20). The molecule has 0 heterocycles. The highest BCUT2D eigenvalue weighted by Gasteiger charge is 2.15. The van der Waals surface area contributed by atoms with Gasteiger partial charge in [-0.05, 0) is 30.3 Å². The zero-order valence-corrected chi connectivity index (χ0v) is 11.3. The maximum Gasteiger partial charge on any atom is 0.254 e. The van der Waals surface area contributed by atoms with Gasteiger partial charge in [-0.1, -0.05) is 6.07 Å². The van der Waals surface area contributed by atoms with Gasteiger partial charge >= 0.3 is 0 Å². The molecule has 0 saturated heterocycles. The topological polar surface area (TPSA) is 64.3 Å². The van der Waals surface area contributed by atoms with E-state index in [1.165, 1.54) is 19.2 Å². The fraction of sp³-hybridized carbons (Fsp3) is 0.133. The van der Waals surface area contributed by atoms with Crippen molar-refractivity contribution >= 4 is 11.6 Å². The van der Waals surface area contributed by atoms with Gasteiger partial charge in [0, 0.05) is 17.8 Å². The first-order chi connectivity index (χ1) is 10.0. The second kappa shape index (κ2) is 6.21. The molecule has 0 saturated carbocycles. The van der Waals surface area contributed by atoms with E-state index in [-0.39, 0.29) is 12.1 Å². The maximum atomic E-state index is 13.5. The number of carbonyl (C=O) groups is 1. The summed E-state index contributed by atoms with van der Waals surface area (Å²) in [6.07, 6.45) is 0. The average Bonchev–Trinajstić information content (AvgIpc) is 2.47. The Bertz CT molecular complexity index is 675. The van der Waals surface area contributed by atoms with Crippen LogP contribution >= 0.6 is 0 Å².